The molecule has 0 heterocycles. The van der Waals surface area contributed by atoms with Gasteiger partial charge < -0.3 is 15.0 Å². The largest absolute Gasteiger partial charge is 0.497 e. The van der Waals surface area contributed by atoms with Crippen molar-refractivity contribution < 1.29 is 22.7 Å². The molecule has 0 bridgehead atoms. The van der Waals surface area contributed by atoms with E-state index >= 15 is 0 Å². The minimum absolute atomic E-state index is 0.0852. The van der Waals surface area contributed by atoms with Gasteiger partial charge in [0.2, 0.25) is 21.8 Å². The number of sulfonamides is 1. The van der Waals surface area contributed by atoms with Crippen LogP contribution in [-0.4, -0.2) is 57.6 Å². The van der Waals surface area contributed by atoms with Crippen LogP contribution < -0.4 is 14.4 Å². The van der Waals surface area contributed by atoms with Gasteiger partial charge in [0.25, 0.3) is 0 Å². The fourth-order valence-corrected chi connectivity index (χ4v) is 5.91. The van der Waals surface area contributed by atoms with Crippen molar-refractivity contribution in [3.63, 3.8) is 0 Å². The molecule has 2 amide bonds. The topological polar surface area (TPSA) is 96.0 Å². The van der Waals surface area contributed by atoms with Crippen LogP contribution >= 0.6 is 0 Å². The van der Waals surface area contributed by atoms with E-state index in [-0.39, 0.29) is 18.9 Å². The number of methoxy groups -OCH3 is 1. The summed E-state index contributed by atoms with van der Waals surface area (Å²) in [7, 11) is -2.31. The van der Waals surface area contributed by atoms with Gasteiger partial charge in [-0.3, -0.25) is 13.9 Å². The Kier molecular flexibility index (Phi) is 10.8. The van der Waals surface area contributed by atoms with Crippen LogP contribution in [0.1, 0.15) is 30.9 Å². The fraction of sp³-hybridized carbons (Fsp3) is 0.294. The van der Waals surface area contributed by atoms with Crippen molar-refractivity contribution in [2.75, 3.05) is 30.8 Å². The van der Waals surface area contributed by atoms with Crippen LogP contribution in [0.3, 0.4) is 0 Å². The van der Waals surface area contributed by atoms with Gasteiger partial charge in [-0.25, -0.2) is 8.42 Å². The predicted octanol–water partition coefficient (Wildman–Crippen LogP) is 5.17. The molecule has 0 aliphatic carbocycles. The monoisotopic (exact) mass is 601 g/mol. The highest BCUT2D eigenvalue weighted by molar-refractivity contribution is 7.92. The Balaban J connectivity index is 1.77. The summed E-state index contributed by atoms with van der Waals surface area (Å²) in [4.78, 5) is 29.6. The van der Waals surface area contributed by atoms with Crippen LogP contribution in [0.5, 0.6) is 5.75 Å². The number of nitrogens with zero attached hydrogens (tertiary/aromatic N) is 2. The molecule has 1 atom stereocenters. The lowest BCUT2D eigenvalue weighted by Crippen LogP contribution is -2.53. The fourth-order valence-electron chi connectivity index (χ4n) is 5.05. The zero-order valence-electron chi connectivity index (χ0n) is 24.9. The molecule has 0 saturated heterocycles. The van der Waals surface area contributed by atoms with Crippen LogP contribution in [0, 0.1) is 0 Å². The van der Waals surface area contributed by atoms with Crippen molar-refractivity contribution >= 4 is 38.3 Å². The molecular weight excluding hydrogens is 562 g/mol. The number of nitrogens with one attached hydrogen (secondary N) is 1. The first-order valence-corrected chi connectivity index (χ1v) is 16.3. The van der Waals surface area contributed by atoms with Gasteiger partial charge in [-0.2, -0.15) is 0 Å². The number of amides is 2. The number of anilines is 1. The van der Waals surface area contributed by atoms with Crippen molar-refractivity contribution in [1.29, 1.82) is 0 Å². The lowest BCUT2D eigenvalue weighted by molar-refractivity contribution is -0.140. The molecule has 4 aromatic rings. The molecule has 0 aromatic heterocycles. The van der Waals surface area contributed by atoms with Gasteiger partial charge in [-0.05, 0) is 41.1 Å². The maximum Gasteiger partial charge on any atom is 0.244 e. The second-order valence-corrected chi connectivity index (χ2v) is 12.4. The summed E-state index contributed by atoms with van der Waals surface area (Å²) in [6.45, 7) is 2.14. The van der Waals surface area contributed by atoms with Crippen LogP contribution in [-0.2, 0) is 32.6 Å². The predicted molar refractivity (Wildman–Crippen MR) is 172 cm³/mol. The smallest absolute Gasteiger partial charge is 0.244 e. The third kappa shape index (κ3) is 8.35. The van der Waals surface area contributed by atoms with Crippen molar-refractivity contribution in [3.8, 4) is 5.75 Å². The Morgan fingerprint density at radius 3 is 2.28 bits per heavy atom. The van der Waals surface area contributed by atoms with Crippen molar-refractivity contribution in [3.05, 3.63) is 108 Å². The number of hydrogen-bond donors (Lipinski definition) is 1. The summed E-state index contributed by atoms with van der Waals surface area (Å²) < 4.78 is 32.9. The van der Waals surface area contributed by atoms with Gasteiger partial charge in [-0.15, -0.1) is 0 Å². The SMILES string of the molecule is CCCCNC(=O)[C@@H](Cc1ccccc1)N(Cc1cccc(OC)c1)C(=O)CN(c1cccc2ccccc12)S(C)(=O)=O. The first kappa shape index (κ1) is 31.6. The molecule has 0 unspecified atom stereocenters. The quantitative estimate of drug-likeness (QED) is 0.201. The third-order valence-electron chi connectivity index (χ3n) is 7.30. The van der Waals surface area contributed by atoms with Crippen molar-refractivity contribution in [2.45, 2.75) is 38.8 Å². The lowest BCUT2D eigenvalue weighted by atomic mass is 10.0. The Bertz CT molecular complexity index is 1640. The summed E-state index contributed by atoms with van der Waals surface area (Å²) in [5.41, 5.74) is 2.04. The Morgan fingerprint density at radius 2 is 1.56 bits per heavy atom. The van der Waals surface area contributed by atoms with Gasteiger partial charge in [-0.1, -0.05) is 92.2 Å². The molecule has 1 N–H and O–H groups in total. The zero-order valence-corrected chi connectivity index (χ0v) is 25.7. The summed E-state index contributed by atoms with van der Waals surface area (Å²) in [5.74, 6) is -0.164. The van der Waals surface area contributed by atoms with E-state index in [1.807, 2.05) is 85.8 Å². The van der Waals surface area contributed by atoms with E-state index in [0.717, 1.165) is 39.9 Å². The van der Waals surface area contributed by atoms with E-state index in [1.54, 1.807) is 25.3 Å². The molecule has 226 valence electrons. The Hall–Kier alpha value is -4.37. The van der Waals surface area contributed by atoms with Crippen molar-refractivity contribution in [2.24, 2.45) is 0 Å². The number of rotatable bonds is 14. The first-order valence-electron chi connectivity index (χ1n) is 14.4. The number of unbranched alkanes of at least 4 members (excludes halogenated alkanes) is 1. The van der Waals surface area contributed by atoms with Gasteiger partial charge in [0.1, 0.15) is 18.3 Å². The molecule has 0 aliphatic heterocycles. The Morgan fingerprint density at radius 1 is 0.884 bits per heavy atom. The molecule has 9 heteroatoms. The normalized spacial score (nSPS) is 12.0. The summed E-state index contributed by atoms with van der Waals surface area (Å²) in [6.07, 6.45) is 3.07. The van der Waals surface area contributed by atoms with E-state index in [0.29, 0.717) is 23.4 Å². The van der Waals surface area contributed by atoms with Gasteiger partial charge >= 0.3 is 0 Å². The van der Waals surface area contributed by atoms with Gasteiger partial charge in [0, 0.05) is 24.9 Å². The molecule has 4 rings (SSSR count). The van der Waals surface area contributed by atoms with E-state index in [4.69, 9.17) is 4.74 Å². The highest BCUT2D eigenvalue weighted by atomic mass is 32.2. The molecule has 43 heavy (non-hydrogen) atoms. The molecule has 0 aliphatic rings. The second-order valence-electron chi connectivity index (χ2n) is 10.5. The standard InChI is InChI=1S/C34H39N3O5S/c1-4-5-21-35-34(39)32(23-26-13-7-6-8-14-26)36(24-27-15-11-18-29(22-27)42-2)33(38)25-37(43(3,40)41)31-20-12-17-28-16-9-10-19-30(28)31/h6-20,22,32H,4-5,21,23-25H2,1-3H3,(H,35,39)/t32-/m1/s1. The molecule has 0 fully saturated rings. The number of fused-ring (bicyclic) bond motifs is 1. The maximum absolute atomic E-state index is 14.3. The lowest BCUT2D eigenvalue weighted by Gasteiger charge is -2.33. The van der Waals surface area contributed by atoms with E-state index in [9.17, 15) is 18.0 Å². The van der Waals surface area contributed by atoms with Gasteiger partial charge in [0.15, 0.2) is 0 Å². The van der Waals surface area contributed by atoms with Gasteiger partial charge in [0.05, 0.1) is 19.1 Å². The van der Waals surface area contributed by atoms with Crippen LogP contribution in [0.2, 0.25) is 0 Å². The average molecular weight is 602 g/mol. The van der Waals surface area contributed by atoms with E-state index in [1.165, 1.54) is 4.90 Å². The minimum Gasteiger partial charge on any atom is -0.497 e. The van der Waals surface area contributed by atoms with E-state index < -0.39 is 28.5 Å². The summed E-state index contributed by atoms with van der Waals surface area (Å²) >= 11 is 0. The van der Waals surface area contributed by atoms with Crippen LogP contribution in [0.25, 0.3) is 10.8 Å². The summed E-state index contributed by atoms with van der Waals surface area (Å²) in [6, 6.07) is 28.7. The zero-order chi connectivity index (χ0) is 30.8. The number of ether oxygens (including phenoxy) is 1. The van der Waals surface area contributed by atoms with Crippen LogP contribution in [0.4, 0.5) is 5.69 Å². The highest BCUT2D eigenvalue weighted by Crippen LogP contribution is 2.29. The van der Waals surface area contributed by atoms with E-state index in [2.05, 4.69) is 5.32 Å². The molecule has 8 nitrogen and oxygen atoms in total. The number of benzene rings is 4. The first-order chi connectivity index (χ1) is 20.7. The maximum atomic E-state index is 14.3. The third-order valence-corrected chi connectivity index (χ3v) is 8.43. The number of carbonyl (C=O) groups is 2. The average Bonchev–Trinajstić information content (AvgIpc) is 3.01. The highest BCUT2D eigenvalue weighted by Gasteiger charge is 2.33. The van der Waals surface area contributed by atoms with Crippen LogP contribution in [0.15, 0.2) is 97.1 Å². The number of carbonyl (C=O) groups excluding carboxylic acids is 2. The molecule has 0 saturated carbocycles. The number of hydrogen-bond acceptors (Lipinski definition) is 5. The Labute approximate surface area is 254 Å². The molecular formula is C34H39N3O5S. The molecule has 0 radical (unpaired) electrons. The minimum atomic E-state index is -3.88. The summed E-state index contributed by atoms with van der Waals surface area (Å²) in [5, 5.41) is 4.56. The van der Waals surface area contributed by atoms with Crippen molar-refractivity contribution in [1.82, 2.24) is 10.2 Å². The molecule has 0 spiro atoms. The molecule has 4 aromatic carbocycles. The second kappa shape index (κ2) is 14.7.